The van der Waals surface area contributed by atoms with Crippen LogP contribution in [-0.4, -0.2) is 37.0 Å². The number of hydrogen-bond acceptors (Lipinski definition) is 3. The van der Waals surface area contributed by atoms with E-state index in [1.165, 1.54) is 18.2 Å². The van der Waals surface area contributed by atoms with Crippen molar-refractivity contribution < 1.29 is 27.8 Å². The molecule has 2 rings (SSSR count). The second kappa shape index (κ2) is 8.34. The van der Waals surface area contributed by atoms with E-state index in [2.05, 4.69) is 10.6 Å². The van der Waals surface area contributed by atoms with E-state index in [4.69, 9.17) is 4.74 Å². The molecule has 24 heavy (non-hydrogen) atoms. The van der Waals surface area contributed by atoms with E-state index in [1.54, 1.807) is 0 Å². The number of anilines is 1. The van der Waals surface area contributed by atoms with Gasteiger partial charge >= 0.3 is 12.2 Å². The molecule has 0 saturated carbocycles. The van der Waals surface area contributed by atoms with Gasteiger partial charge in [-0.3, -0.25) is 0 Å². The molecular formula is C16H21F3N2O3. The minimum Gasteiger partial charge on any atom is -0.393 e. The monoisotopic (exact) mass is 346 g/mol. The highest BCUT2D eigenvalue weighted by Gasteiger charge is 2.33. The van der Waals surface area contributed by atoms with Crippen LogP contribution in [-0.2, 0) is 10.9 Å². The van der Waals surface area contributed by atoms with Crippen LogP contribution in [0.5, 0.6) is 0 Å². The number of benzene rings is 1. The summed E-state index contributed by atoms with van der Waals surface area (Å²) in [5.41, 5.74) is -1.20. The van der Waals surface area contributed by atoms with Crippen molar-refractivity contribution in [2.75, 3.05) is 25.1 Å². The molecule has 2 amide bonds. The molecule has 8 heteroatoms. The van der Waals surface area contributed by atoms with Gasteiger partial charge in [-0.05, 0) is 37.3 Å². The summed E-state index contributed by atoms with van der Waals surface area (Å²) < 4.78 is 43.8. The molecule has 1 saturated heterocycles. The Bertz CT molecular complexity index is 546. The number of carbonyl (C=O) groups excluding carboxylic acids is 1. The number of alkyl halides is 3. The van der Waals surface area contributed by atoms with Crippen molar-refractivity contribution in [3.05, 3.63) is 29.8 Å². The highest BCUT2D eigenvalue weighted by Crippen LogP contribution is 2.34. The third-order valence-electron chi connectivity index (χ3n) is 4.02. The third-order valence-corrected chi connectivity index (χ3v) is 4.02. The number of nitrogens with one attached hydrogen (secondary N) is 2. The van der Waals surface area contributed by atoms with Crippen LogP contribution in [0.25, 0.3) is 0 Å². The number of hydrogen-bond donors (Lipinski definition) is 3. The number of amides is 2. The summed E-state index contributed by atoms with van der Waals surface area (Å²) in [4.78, 5) is 11.8. The molecule has 1 fully saturated rings. The highest BCUT2D eigenvalue weighted by atomic mass is 19.4. The van der Waals surface area contributed by atoms with Crippen LogP contribution in [0.2, 0.25) is 0 Å². The van der Waals surface area contributed by atoms with Gasteiger partial charge in [0, 0.05) is 19.8 Å². The first kappa shape index (κ1) is 18.5. The van der Waals surface area contributed by atoms with Crippen molar-refractivity contribution in [3.8, 4) is 0 Å². The fourth-order valence-electron chi connectivity index (χ4n) is 2.68. The van der Waals surface area contributed by atoms with E-state index in [0.717, 1.165) is 18.9 Å². The lowest BCUT2D eigenvalue weighted by Crippen LogP contribution is -2.34. The molecule has 1 heterocycles. The molecule has 134 valence electrons. The van der Waals surface area contributed by atoms with Gasteiger partial charge in [0.15, 0.2) is 0 Å². The molecule has 5 nitrogen and oxygen atoms in total. The van der Waals surface area contributed by atoms with E-state index < -0.39 is 23.9 Å². The number of aliphatic hydroxyl groups excluding tert-OH is 1. The molecule has 3 N–H and O–H groups in total. The lowest BCUT2D eigenvalue weighted by molar-refractivity contribution is -0.136. The number of urea groups is 1. The van der Waals surface area contributed by atoms with E-state index in [9.17, 15) is 23.1 Å². The molecule has 1 aromatic carbocycles. The zero-order chi connectivity index (χ0) is 17.6. The number of para-hydroxylation sites is 1. The maximum atomic E-state index is 12.8. The molecule has 0 aliphatic carbocycles. The fraction of sp³-hybridized carbons (Fsp3) is 0.562. The molecule has 0 spiro atoms. The molecule has 1 aliphatic rings. The number of carbonyl (C=O) groups is 1. The predicted octanol–water partition coefficient (Wildman–Crippen LogP) is 3.00. The van der Waals surface area contributed by atoms with E-state index in [-0.39, 0.29) is 18.2 Å². The Balaban J connectivity index is 1.79. The lowest BCUT2D eigenvalue weighted by atomic mass is 9.92. The van der Waals surface area contributed by atoms with Gasteiger partial charge < -0.3 is 20.5 Å². The van der Waals surface area contributed by atoms with Gasteiger partial charge in [-0.2, -0.15) is 13.2 Å². The quantitative estimate of drug-likeness (QED) is 0.768. The van der Waals surface area contributed by atoms with Gasteiger partial charge in [-0.25, -0.2) is 4.79 Å². The Morgan fingerprint density at radius 1 is 1.29 bits per heavy atom. The maximum Gasteiger partial charge on any atom is 0.418 e. The van der Waals surface area contributed by atoms with Crippen molar-refractivity contribution in [2.24, 2.45) is 5.92 Å². The van der Waals surface area contributed by atoms with E-state index in [0.29, 0.717) is 19.6 Å². The molecule has 0 bridgehead atoms. The van der Waals surface area contributed by atoms with Crippen molar-refractivity contribution in [1.82, 2.24) is 5.32 Å². The topological polar surface area (TPSA) is 70.6 Å². The minimum atomic E-state index is -4.54. The van der Waals surface area contributed by atoms with Crippen LogP contribution >= 0.6 is 0 Å². The summed E-state index contributed by atoms with van der Waals surface area (Å²) in [7, 11) is 0. The predicted molar refractivity (Wildman–Crippen MR) is 82.6 cm³/mol. The van der Waals surface area contributed by atoms with Crippen LogP contribution in [0.1, 0.15) is 24.8 Å². The van der Waals surface area contributed by atoms with Gasteiger partial charge in [-0.1, -0.05) is 12.1 Å². The first-order valence-corrected chi connectivity index (χ1v) is 7.85. The van der Waals surface area contributed by atoms with Crippen LogP contribution in [0, 0.1) is 5.92 Å². The largest absolute Gasteiger partial charge is 0.418 e. The second-order valence-corrected chi connectivity index (χ2v) is 5.73. The smallest absolute Gasteiger partial charge is 0.393 e. The lowest BCUT2D eigenvalue weighted by Gasteiger charge is -2.26. The normalized spacial score (nSPS) is 17.3. The number of aliphatic hydroxyl groups is 1. The van der Waals surface area contributed by atoms with Gasteiger partial charge in [0.2, 0.25) is 0 Å². The molecule has 0 radical (unpaired) electrons. The molecule has 1 atom stereocenters. The average molecular weight is 346 g/mol. The van der Waals surface area contributed by atoms with Gasteiger partial charge in [-0.15, -0.1) is 0 Å². The summed E-state index contributed by atoms with van der Waals surface area (Å²) in [6.07, 6.45) is -3.21. The Morgan fingerprint density at radius 3 is 2.62 bits per heavy atom. The third kappa shape index (κ3) is 5.38. The first-order valence-electron chi connectivity index (χ1n) is 7.85. The SMILES string of the molecule is O=C(NCCC(O)C1CCOCC1)Nc1ccccc1C(F)(F)F. The molecule has 1 aliphatic heterocycles. The van der Waals surface area contributed by atoms with E-state index >= 15 is 0 Å². The van der Waals surface area contributed by atoms with Gasteiger partial charge in [0.05, 0.1) is 17.4 Å². The first-order chi connectivity index (χ1) is 11.4. The number of ether oxygens (including phenoxy) is 1. The zero-order valence-corrected chi connectivity index (χ0v) is 13.1. The zero-order valence-electron chi connectivity index (χ0n) is 13.1. The summed E-state index contributed by atoms with van der Waals surface area (Å²) >= 11 is 0. The number of halogens is 3. The molecule has 1 aromatic rings. The average Bonchev–Trinajstić information content (AvgIpc) is 2.55. The van der Waals surface area contributed by atoms with Crippen LogP contribution in [0.3, 0.4) is 0 Å². The van der Waals surface area contributed by atoms with Crippen molar-refractivity contribution in [3.63, 3.8) is 0 Å². The molecule has 1 unspecified atom stereocenters. The minimum absolute atomic E-state index is 0.134. The Kier molecular flexibility index (Phi) is 6.44. The standard InChI is InChI=1S/C16H21F3N2O3/c17-16(18,19)12-3-1-2-4-13(12)21-15(23)20-8-5-14(22)11-6-9-24-10-7-11/h1-4,11,14,22H,5-10H2,(H2,20,21,23). The number of rotatable bonds is 5. The van der Waals surface area contributed by atoms with Crippen LogP contribution in [0.4, 0.5) is 23.7 Å². The Morgan fingerprint density at radius 2 is 1.96 bits per heavy atom. The van der Waals surface area contributed by atoms with Crippen molar-refractivity contribution in [1.29, 1.82) is 0 Å². The van der Waals surface area contributed by atoms with Gasteiger partial charge in [0.1, 0.15) is 0 Å². The van der Waals surface area contributed by atoms with Crippen LogP contribution < -0.4 is 10.6 Å². The molecule has 0 aromatic heterocycles. The van der Waals surface area contributed by atoms with Crippen molar-refractivity contribution in [2.45, 2.75) is 31.5 Å². The summed E-state index contributed by atoms with van der Waals surface area (Å²) in [5, 5.41) is 14.7. The summed E-state index contributed by atoms with van der Waals surface area (Å²) in [6.45, 7) is 1.41. The Hall–Kier alpha value is -1.80. The van der Waals surface area contributed by atoms with Gasteiger partial charge in [0.25, 0.3) is 0 Å². The summed E-state index contributed by atoms with van der Waals surface area (Å²) in [5.74, 6) is 0.134. The second-order valence-electron chi connectivity index (χ2n) is 5.73. The fourth-order valence-corrected chi connectivity index (χ4v) is 2.68. The highest BCUT2D eigenvalue weighted by molar-refractivity contribution is 5.90. The molecular weight excluding hydrogens is 325 g/mol. The van der Waals surface area contributed by atoms with Crippen LogP contribution in [0.15, 0.2) is 24.3 Å². The van der Waals surface area contributed by atoms with E-state index in [1.807, 2.05) is 0 Å². The maximum absolute atomic E-state index is 12.8. The Labute approximate surface area is 138 Å². The van der Waals surface area contributed by atoms with Crippen molar-refractivity contribution >= 4 is 11.7 Å². The summed E-state index contributed by atoms with van der Waals surface area (Å²) in [6, 6.07) is 4.05.